The fourth-order valence-corrected chi connectivity index (χ4v) is 2.53. The molecule has 2 rings (SSSR count). The van der Waals surface area contributed by atoms with E-state index in [1.165, 1.54) is 0 Å². The summed E-state index contributed by atoms with van der Waals surface area (Å²) >= 11 is 3.50. The highest BCUT2D eigenvalue weighted by atomic mass is 79.9. The highest BCUT2D eigenvalue weighted by Crippen LogP contribution is 2.29. The molecule has 1 saturated heterocycles. The van der Waals surface area contributed by atoms with Crippen molar-refractivity contribution in [3.63, 3.8) is 0 Å². The summed E-state index contributed by atoms with van der Waals surface area (Å²) in [7, 11) is 1.64. The van der Waals surface area contributed by atoms with E-state index < -0.39 is 5.60 Å². The maximum atomic E-state index is 10.4. The summed E-state index contributed by atoms with van der Waals surface area (Å²) in [6.07, 6.45) is 2.29. The lowest BCUT2D eigenvalue weighted by molar-refractivity contribution is -0.0845. The maximum absolute atomic E-state index is 10.4. The normalized spacial score (nSPS) is 24.6. The lowest BCUT2D eigenvalue weighted by Crippen LogP contribution is -2.40. The van der Waals surface area contributed by atoms with Crippen LogP contribution in [-0.4, -0.2) is 31.0 Å². The van der Waals surface area contributed by atoms with Crippen LogP contribution < -0.4 is 4.74 Å². The van der Waals surface area contributed by atoms with Gasteiger partial charge in [-0.15, -0.1) is 0 Å². The maximum Gasteiger partial charge on any atom is 0.119 e. The molecule has 0 saturated carbocycles. The van der Waals surface area contributed by atoms with Crippen LogP contribution in [-0.2, 0) is 11.2 Å². The van der Waals surface area contributed by atoms with E-state index in [0.717, 1.165) is 35.2 Å². The Bertz CT molecular complexity index is 386. The Morgan fingerprint density at radius 1 is 1.53 bits per heavy atom. The molecule has 1 fully saturated rings. The number of benzene rings is 1. The second kappa shape index (κ2) is 5.38. The molecule has 1 aromatic rings. The first kappa shape index (κ1) is 12.9. The molecule has 94 valence electrons. The fourth-order valence-electron chi connectivity index (χ4n) is 2.15. The Morgan fingerprint density at radius 3 is 3.00 bits per heavy atom. The van der Waals surface area contributed by atoms with Crippen molar-refractivity contribution >= 4 is 15.9 Å². The van der Waals surface area contributed by atoms with Crippen LogP contribution in [0, 0.1) is 0 Å². The summed E-state index contributed by atoms with van der Waals surface area (Å²) in [5.74, 6) is 0.809. The van der Waals surface area contributed by atoms with Crippen molar-refractivity contribution in [1.82, 2.24) is 0 Å². The predicted molar refractivity (Wildman–Crippen MR) is 69.4 cm³/mol. The summed E-state index contributed by atoms with van der Waals surface area (Å²) in [4.78, 5) is 0. The van der Waals surface area contributed by atoms with Gasteiger partial charge in [0.15, 0.2) is 0 Å². The Hall–Kier alpha value is -0.580. The van der Waals surface area contributed by atoms with Gasteiger partial charge in [-0.25, -0.2) is 0 Å². The SMILES string of the molecule is COc1ccc(Br)c(CC2(O)CCCOC2)c1. The number of rotatable bonds is 3. The molecule has 0 radical (unpaired) electrons. The molecule has 0 amide bonds. The van der Waals surface area contributed by atoms with Crippen molar-refractivity contribution in [2.75, 3.05) is 20.3 Å². The molecule has 0 spiro atoms. The first-order valence-electron chi connectivity index (χ1n) is 5.75. The molecule has 1 heterocycles. The third kappa shape index (κ3) is 3.21. The summed E-state index contributed by atoms with van der Waals surface area (Å²) in [6.45, 7) is 1.16. The molecule has 1 aromatic carbocycles. The van der Waals surface area contributed by atoms with Gasteiger partial charge in [-0.3, -0.25) is 0 Å². The van der Waals surface area contributed by atoms with Gasteiger partial charge < -0.3 is 14.6 Å². The smallest absolute Gasteiger partial charge is 0.119 e. The Labute approximate surface area is 110 Å². The molecule has 1 N–H and O–H groups in total. The molecule has 1 unspecified atom stereocenters. The van der Waals surface area contributed by atoms with Crippen LogP contribution >= 0.6 is 15.9 Å². The van der Waals surface area contributed by atoms with E-state index in [9.17, 15) is 5.11 Å². The molecule has 0 aromatic heterocycles. The van der Waals surface area contributed by atoms with E-state index in [0.29, 0.717) is 13.0 Å². The van der Waals surface area contributed by atoms with Gasteiger partial charge in [-0.2, -0.15) is 0 Å². The molecule has 0 bridgehead atoms. The van der Waals surface area contributed by atoms with Crippen LogP contribution in [0.4, 0.5) is 0 Å². The summed E-state index contributed by atoms with van der Waals surface area (Å²) < 4.78 is 11.6. The minimum absolute atomic E-state index is 0.413. The highest BCUT2D eigenvalue weighted by molar-refractivity contribution is 9.10. The molecule has 4 heteroatoms. The fraction of sp³-hybridized carbons (Fsp3) is 0.538. The van der Waals surface area contributed by atoms with Crippen molar-refractivity contribution in [2.45, 2.75) is 24.9 Å². The monoisotopic (exact) mass is 300 g/mol. The second-order valence-electron chi connectivity index (χ2n) is 4.51. The number of hydrogen-bond donors (Lipinski definition) is 1. The Morgan fingerprint density at radius 2 is 2.35 bits per heavy atom. The number of ether oxygens (including phenoxy) is 2. The zero-order valence-corrected chi connectivity index (χ0v) is 11.5. The number of halogens is 1. The zero-order valence-electron chi connectivity index (χ0n) is 9.91. The topological polar surface area (TPSA) is 38.7 Å². The van der Waals surface area contributed by atoms with Crippen LogP contribution in [0.1, 0.15) is 18.4 Å². The summed E-state index contributed by atoms with van der Waals surface area (Å²) in [5.41, 5.74) is 0.310. The molecular formula is C13H17BrO3. The van der Waals surface area contributed by atoms with Gasteiger partial charge >= 0.3 is 0 Å². The number of hydrogen-bond acceptors (Lipinski definition) is 3. The summed E-state index contributed by atoms with van der Waals surface area (Å²) in [5, 5.41) is 10.4. The van der Waals surface area contributed by atoms with E-state index >= 15 is 0 Å². The van der Waals surface area contributed by atoms with Crippen LogP contribution in [0.5, 0.6) is 5.75 Å². The predicted octanol–water partition coefficient (Wildman–Crippen LogP) is 2.54. The van der Waals surface area contributed by atoms with Crippen LogP contribution in [0.25, 0.3) is 0 Å². The molecule has 1 atom stereocenters. The van der Waals surface area contributed by atoms with E-state index in [4.69, 9.17) is 9.47 Å². The van der Waals surface area contributed by atoms with E-state index in [1.807, 2.05) is 18.2 Å². The average molecular weight is 301 g/mol. The first-order chi connectivity index (χ1) is 8.13. The minimum atomic E-state index is -0.743. The van der Waals surface area contributed by atoms with Gasteiger partial charge in [0, 0.05) is 17.5 Å². The largest absolute Gasteiger partial charge is 0.497 e. The Kier molecular flexibility index (Phi) is 4.07. The molecule has 3 nitrogen and oxygen atoms in total. The lowest BCUT2D eigenvalue weighted by Gasteiger charge is -2.32. The molecule has 1 aliphatic rings. The van der Waals surface area contributed by atoms with E-state index in [1.54, 1.807) is 7.11 Å². The lowest BCUT2D eigenvalue weighted by atomic mass is 9.89. The second-order valence-corrected chi connectivity index (χ2v) is 5.37. The first-order valence-corrected chi connectivity index (χ1v) is 6.55. The zero-order chi connectivity index (χ0) is 12.3. The van der Waals surface area contributed by atoms with Crippen molar-refractivity contribution < 1.29 is 14.6 Å². The highest BCUT2D eigenvalue weighted by Gasteiger charge is 2.31. The van der Waals surface area contributed by atoms with Crippen LogP contribution in [0.3, 0.4) is 0 Å². The average Bonchev–Trinajstić information content (AvgIpc) is 2.33. The minimum Gasteiger partial charge on any atom is -0.497 e. The van der Waals surface area contributed by atoms with Crippen molar-refractivity contribution in [3.8, 4) is 5.75 Å². The molecular weight excluding hydrogens is 284 g/mol. The van der Waals surface area contributed by atoms with Gasteiger partial charge in [-0.1, -0.05) is 15.9 Å². The molecule has 1 aliphatic heterocycles. The van der Waals surface area contributed by atoms with Crippen molar-refractivity contribution in [1.29, 1.82) is 0 Å². The van der Waals surface area contributed by atoms with Gasteiger partial charge in [0.05, 0.1) is 19.3 Å². The summed E-state index contributed by atoms with van der Waals surface area (Å²) in [6, 6.07) is 5.80. The number of aliphatic hydroxyl groups is 1. The third-order valence-electron chi connectivity index (χ3n) is 3.07. The standard InChI is InChI=1S/C13H17BrO3/c1-16-11-3-4-12(14)10(7-11)8-13(15)5-2-6-17-9-13/h3-4,7,15H,2,5-6,8-9H2,1H3. The van der Waals surface area contributed by atoms with Gasteiger partial charge in [0.2, 0.25) is 0 Å². The van der Waals surface area contributed by atoms with Crippen molar-refractivity contribution in [3.05, 3.63) is 28.2 Å². The number of methoxy groups -OCH3 is 1. The van der Waals surface area contributed by atoms with E-state index in [2.05, 4.69) is 15.9 Å². The van der Waals surface area contributed by atoms with Gasteiger partial charge in [0.1, 0.15) is 5.75 Å². The van der Waals surface area contributed by atoms with Crippen LogP contribution in [0.15, 0.2) is 22.7 Å². The molecule has 0 aliphatic carbocycles. The van der Waals surface area contributed by atoms with Crippen molar-refractivity contribution in [2.24, 2.45) is 0 Å². The van der Waals surface area contributed by atoms with E-state index in [-0.39, 0.29) is 0 Å². The van der Waals surface area contributed by atoms with Crippen LogP contribution in [0.2, 0.25) is 0 Å². The quantitative estimate of drug-likeness (QED) is 0.932. The van der Waals surface area contributed by atoms with Gasteiger partial charge in [-0.05, 0) is 36.6 Å². The molecule has 17 heavy (non-hydrogen) atoms. The Balaban J connectivity index is 2.16. The van der Waals surface area contributed by atoms with Gasteiger partial charge in [0.25, 0.3) is 0 Å². The third-order valence-corrected chi connectivity index (χ3v) is 3.85.